The monoisotopic (exact) mass is 454 g/mol. The first kappa shape index (κ1) is 29.6. The Morgan fingerprint density at radius 1 is 1.04 bits per heavy atom. The maximum atomic E-state index is 8.40. The summed E-state index contributed by atoms with van der Waals surface area (Å²) >= 11 is 0. The van der Waals surface area contributed by atoms with Gasteiger partial charge in [0.15, 0.2) is 0 Å². The van der Waals surface area contributed by atoms with E-state index in [-0.39, 0.29) is 58.6 Å². The molecule has 28 heavy (non-hydrogen) atoms. The summed E-state index contributed by atoms with van der Waals surface area (Å²) in [6.07, 6.45) is 5.52. The summed E-state index contributed by atoms with van der Waals surface area (Å²) < 4.78 is 0. The van der Waals surface area contributed by atoms with Crippen LogP contribution in [0.25, 0.3) is 16.3 Å². The summed E-state index contributed by atoms with van der Waals surface area (Å²) in [5, 5.41) is 10.9. The first-order chi connectivity index (χ1) is 11.8. The van der Waals surface area contributed by atoms with Crippen LogP contribution in [0, 0.1) is 11.5 Å². The van der Waals surface area contributed by atoms with E-state index in [9.17, 15) is 0 Å². The number of rotatable bonds is 3. The standard InChI is InChI=1S/C18H18N.C5H12O.2ClH.Ti/c1-19(2)13-17-8-5-9-18(17)16-11-10-14-6-3-4-7-15(14)12-16;1-5(2,3)4-6;;;/h3-8,10-11H,9,13H2,1-2H3;6H,4H2,1-3H3;2*1H;/q-1;;;;+3/p-2. The quantitative estimate of drug-likeness (QED) is 0.472. The molecule has 0 fully saturated rings. The minimum absolute atomic E-state index is 0. The molecule has 0 unspecified atom stereocenters. The number of hydrogen-bond donors (Lipinski definition) is 1. The molecule has 0 aromatic heterocycles. The van der Waals surface area contributed by atoms with E-state index < -0.39 is 0 Å². The molecule has 0 amide bonds. The summed E-state index contributed by atoms with van der Waals surface area (Å²) in [7, 11) is 4.22. The number of likely N-dealkylation sites (N-methyl/N-ethyl adjacent to an activating group) is 1. The fourth-order valence-electron chi connectivity index (χ4n) is 2.61. The summed E-state index contributed by atoms with van der Waals surface area (Å²) in [6.45, 7) is 7.24. The molecule has 0 aliphatic heterocycles. The molecule has 1 aliphatic rings. The van der Waals surface area contributed by atoms with E-state index in [1.807, 2.05) is 20.8 Å². The Morgan fingerprint density at radius 2 is 1.64 bits per heavy atom. The minimum Gasteiger partial charge on any atom is -1.00 e. The Balaban J connectivity index is 0. The van der Waals surface area contributed by atoms with E-state index in [0.29, 0.717) is 0 Å². The number of nitrogens with zero attached hydrogens (tertiary/aromatic N) is 1. The van der Waals surface area contributed by atoms with Crippen LogP contribution < -0.4 is 24.8 Å². The number of fused-ring (bicyclic) bond motifs is 1. The maximum absolute atomic E-state index is 8.40. The number of halogens is 2. The maximum Gasteiger partial charge on any atom is 3.00 e. The van der Waals surface area contributed by atoms with Crippen molar-refractivity contribution in [2.75, 3.05) is 27.2 Å². The van der Waals surface area contributed by atoms with Crippen molar-refractivity contribution in [2.45, 2.75) is 27.2 Å². The molecular weight excluding hydrogens is 425 g/mol. The summed E-state index contributed by atoms with van der Waals surface area (Å²) in [5.41, 5.74) is 4.16. The zero-order valence-electron chi connectivity index (χ0n) is 17.4. The van der Waals surface area contributed by atoms with Gasteiger partial charge >= 0.3 is 21.7 Å². The van der Waals surface area contributed by atoms with E-state index in [0.717, 1.165) is 13.0 Å². The predicted octanol–water partition coefficient (Wildman–Crippen LogP) is -1.05. The number of allylic oxidation sites excluding steroid dienone is 2. The van der Waals surface area contributed by atoms with Gasteiger partial charge in [-0.25, -0.2) is 0 Å². The minimum atomic E-state index is 0. The van der Waals surface area contributed by atoms with Crippen molar-refractivity contribution in [2.24, 2.45) is 5.41 Å². The van der Waals surface area contributed by atoms with E-state index >= 15 is 0 Å². The van der Waals surface area contributed by atoms with Crippen LogP contribution in [0.15, 0.2) is 54.1 Å². The summed E-state index contributed by atoms with van der Waals surface area (Å²) in [5.74, 6) is 0. The van der Waals surface area contributed by atoms with Gasteiger partial charge < -0.3 is 34.8 Å². The molecule has 2 nitrogen and oxygen atoms in total. The van der Waals surface area contributed by atoms with Crippen molar-refractivity contribution in [3.05, 3.63) is 65.8 Å². The number of aliphatic hydroxyl groups excluding tert-OH is 1. The van der Waals surface area contributed by atoms with Gasteiger partial charge in [-0.1, -0.05) is 67.7 Å². The molecule has 5 heteroatoms. The Morgan fingerprint density at radius 3 is 2.21 bits per heavy atom. The van der Waals surface area contributed by atoms with Crippen LogP contribution in [0.4, 0.5) is 0 Å². The van der Waals surface area contributed by atoms with Crippen molar-refractivity contribution in [3.8, 4) is 0 Å². The van der Waals surface area contributed by atoms with Crippen LogP contribution in [0.3, 0.4) is 0 Å². The topological polar surface area (TPSA) is 23.5 Å². The van der Waals surface area contributed by atoms with Gasteiger partial charge in [0.2, 0.25) is 0 Å². The van der Waals surface area contributed by atoms with Crippen LogP contribution >= 0.6 is 0 Å². The zero-order valence-corrected chi connectivity index (χ0v) is 20.5. The second-order valence-electron chi connectivity index (χ2n) is 8.03. The van der Waals surface area contributed by atoms with Crippen LogP contribution in [-0.2, 0) is 21.7 Å². The smallest absolute Gasteiger partial charge is 1.00 e. The Labute approximate surface area is 197 Å². The molecule has 3 rings (SSSR count). The second-order valence-corrected chi connectivity index (χ2v) is 8.03. The molecule has 0 saturated heterocycles. The van der Waals surface area contributed by atoms with Gasteiger partial charge in [0.25, 0.3) is 0 Å². The van der Waals surface area contributed by atoms with Gasteiger partial charge in [0, 0.05) is 13.2 Å². The fourth-order valence-corrected chi connectivity index (χ4v) is 2.61. The van der Waals surface area contributed by atoms with Gasteiger partial charge in [0.05, 0.1) is 0 Å². The van der Waals surface area contributed by atoms with E-state index in [1.165, 1.54) is 27.5 Å². The van der Waals surface area contributed by atoms with Crippen LogP contribution in [0.2, 0.25) is 0 Å². The largest absolute Gasteiger partial charge is 3.00 e. The van der Waals surface area contributed by atoms with Gasteiger partial charge in [-0.2, -0.15) is 0 Å². The first-order valence-electron chi connectivity index (χ1n) is 8.86. The SMILES string of the molecule is CC(C)(C)CO.CN(C)CC1=C(c2[c-]c3ccccc3cc2)CC=C1.[Cl-].[Cl-].[Ti+3]. The van der Waals surface area contributed by atoms with Crippen molar-refractivity contribution in [1.29, 1.82) is 0 Å². The van der Waals surface area contributed by atoms with Crippen molar-refractivity contribution >= 4 is 16.3 Å². The van der Waals surface area contributed by atoms with Crippen LogP contribution in [0.1, 0.15) is 32.8 Å². The zero-order chi connectivity index (χ0) is 18.4. The predicted molar refractivity (Wildman–Crippen MR) is 109 cm³/mol. The van der Waals surface area contributed by atoms with Crippen molar-refractivity contribution in [1.82, 2.24) is 4.90 Å². The second kappa shape index (κ2) is 13.6. The Kier molecular flexibility index (Phi) is 14.4. The molecule has 0 heterocycles. The van der Waals surface area contributed by atoms with Crippen LogP contribution in [0.5, 0.6) is 0 Å². The van der Waals surface area contributed by atoms with Crippen molar-refractivity contribution < 1.29 is 51.6 Å². The van der Waals surface area contributed by atoms with E-state index in [1.54, 1.807) is 0 Å². The fraction of sp³-hybridized carbons (Fsp3) is 0.391. The third-order valence-electron chi connectivity index (χ3n) is 3.97. The average Bonchev–Trinajstić information content (AvgIpc) is 3.01. The molecule has 1 aliphatic carbocycles. The normalized spacial score (nSPS) is 12.7. The summed E-state index contributed by atoms with van der Waals surface area (Å²) in [6, 6.07) is 16.4. The summed E-state index contributed by atoms with van der Waals surface area (Å²) in [4.78, 5) is 2.21. The van der Waals surface area contributed by atoms with Crippen LogP contribution in [-0.4, -0.2) is 37.3 Å². The number of aliphatic hydroxyl groups is 1. The van der Waals surface area contributed by atoms with E-state index in [2.05, 4.69) is 73.6 Å². The van der Waals surface area contributed by atoms with Gasteiger partial charge in [0.1, 0.15) is 0 Å². The molecule has 0 atom stereocenters. The molecule has 0 saturated carbocycles. The van der Waals surface area contributed by atoms with Gasteiger partial charge in [-0.3, -0.25) is 0 Å². The third-order valence-corrected chi connectivity index (χ3v) is 3.97. The Hall–Kier alpha value is -0.606. The average molecular weight is 455 g/mol. The molecular formula is C23H30Cl2NOTi. The molecule has 2 aromatic rings. The molecule has 2 aromatic carbocycles. The van der Waals surface area contributed by atoms with Gasteiger partial charge in [-0.15, -0.1) is 35.2 Å². The Bertz CT molecular complexity index is 780. The molecule has 1 N–H and O–H groups in total. The number of hydrogen-bond acceptors (Lipinski definition) is 2. The first-order valence-corrected chi connectivity index (χ1v) is 8.86. The third kappa shape index (κ3) is 9.26. The molecule has 0 bridgehead atoms. The molecule has 1 radical (unpaired) electrons. The van der Waals surface area contributed by atoms with E-state index in [4.69, 9.17) is 5.11 Å². The van der Waals surface area contributed by atoms with Gasteiger partial charge in [-0.05, 0) is 25.9 Å². The molecule has 151 valence electrons. The van der Waals surface area contributed by atoms with Crippen molar-refractivity contribution in [3.63, 3.8) is 0 Å². The molecule has 0 spiro atoms. The number of benzene rings is 2.